The van der Waals surface area contributed by atoms with Crippen molar-refractivity contribution in [2.45, 2.75) is 36.8 Å². The number of fused-ring (bicyclic) bond motifs is 4. The van der Waals surface area contributed by atoms with E-state index in [-0.39, 0.29) is 18.9 Å². The second kappa shape index (κ2) is 10.3. The van der Waals surface area contributed by atoms with Crippen LogP contribution in [0.3, 0.4) is 0 Å². The van der Waals surface area contributed by atoms with Crippen molar-refractivity contribution in [1.29, 1.82) is 0 Å². The van der Waals surface area contributed by atoms with Crippen molar-refractivity contribution in [1.82, 2.24) is 10.2 Å². The average molecular weight is 527 g/mol. The monoisotopic (exact) mass is 526 g/mol. The first kappa shape index (κ1) is 25.3. The minimum Gasteiger partial charge on any atom is -0.469 e. The molecule has 200 valence electrons. The van der Waals surface area contributed by atoms with Gasteiger partial charge in [-0.1, -0.05) is 91.0 Å². The van der Waals surface area contributed by atoms with E-state index in [0.29, 0.717) is 6.42 Å². The molecule has 0 radical (unpaired) electrons. The van der Waals surface area contributed by atoms with Gasteiger partial charge in [-0.3, -0.25) is 19.8 Å². The molecule has 8 nitrogen and oxygen atoms in total. The summed E-state index contributed by atoms with van der Waals surface area (Å²) in [5, 5.41) is 2.36. The topological polar surface area (TPSA) is 94.2 Å². The van der Waals surface area contributed by atoms with Crippen LogP contribution in [-0.4, -0.2) is 54.9 Å². The predicted molar refractivity (Wildman–Crippen MR) is 141 cm³/mol. The number of benzene rings is 3. The SMILES string of the molecule is COC(=O)[C@@H]1C2CC(=O)NC(=O)N2[C@H]2C[C@@H]1[C@H](COC(c1ccccc1)(c1ccccc1)c1ccccc1)O2. The molecule has 3 heterocycles. The normalized spacial score (nSPS) is 26.1. The molecule has 5 atom stereocenters. The molecule has 2 bridgehead atoms. The molecule has 0 spiro atoms. The van der Waals surface area contributed by atoms with Crippen molar-refractivity contribution in [3.05, 3.63) is 108 Å². The Kier molecular flexibility index (Phi) is 6.66. The second-order valence-electron chi connectivity index (χ2n) is 10.2. The van der Waals surface area contributed by atoms with Gasteiger partial charge < -0.3 is 14.2 Å². The van der Waals surface area contributed by atoms with Crippen LogP contribution < -0.4 is 5.32 Å². The minimum atomic E-state index is -0.953. The van der Waals surface area contributed by atoms with Crippen molar-refractivity contribution in [3.63, 3.8) is 0 Å². The third kappa shape index (κ3) is 4.30. The highest BCUT2D eigenvalue weighted by Crippen LogP contribution is 2.47. The summed E-state index contributed by atoms with van der Waals surface area (Å²) in [5.74, 6) is -1.83. The van der Waals surface area contributed by atoms with Gasteiger partial charge >= 0.3 is 12.0 Å². The molecule has 0 aromatic heterocycles. The summed E-state index contributed by atoms with van der Waals surface area (Å²) in [6.45, 7) is 0.156. The third-order valence-electron chi connectivity index (χ3n) is 8.18. The quantitative estimate of drug-likeness (QED) is 0.372. The predicted octanol–water partition coefficient (Wildman–Crippen LogP) is 3.84. The Labute approximate surface area is 226 Å². The molecule has 0 aliphatic carbocycles. The van der Waals surface area contributed by atoms with Crippen molar-refractivity contribution >= 4 is 17.9 Å². The molecule has 3 aliphatic heterocycles. The minimum absolute atomic E-state index is 0.0252. The number of hydrogen-bond acceptors (Lipinski definition) is 6. The fraction of sp³-hybridized carbons (Fsp3) is 0.323. The Hall–Kier alpha value is -4.01. The van der Waals surface area contributed by atoms with Crippen molar-refractivity contribution in [2.75, 3.05) is 13.7 Å². The van der Waals surface area contributed by atoms with Crippen molar-refractivity contribution in [2.24, 2.45) is 11.8 Å². The van der Waals surface area contributed by atoms with Crippen molar-refractivity contribution in [3.8, 4) is 0 Å². The summed E-state index contributed by atoms with van der Waals surface area (Å²) in [6.07, 6.45) is -0.566. The van der Waals surface area contributed by atoms with Gasteiger partial charge in [0.05, 0.1) is 31.8 Å². The summed E-state index contributed by atoms with van der Waals surface area (Å²) in [5.41, 5.74) is 1.91. The lowest BCUT2D eigenvalue weighted by Gasteiger charge is -2.45. The van der Waals surface area contributed by atoms with Gasteiger partial charge in [-0.05, 0) is 23.1 Å². The summed E-state index contributed by atoms with van der Waals surface area (Å²) in [6, 6.07) is 28.9. The van der Waals surface area contributed by atoms with E-state index in [1.54, 1.807) is 0 Å². The van der Waals surface area contributed by atoms with Gasteiger partial charge in [-0.2, -0.15) is 0 Å². The number of urea groups is 1. The summed E-state index contributed by atoms with van der Waals surface area (Å²) >= 11 is 0. The number of hydrogen-bond donors (Lipinski definition) is 1. The van der Waals surface area contributed by atoms with E-state index < -0.39 is 47.8 Å². The van der Waals surface area contributed by atoms with Crippen LogP contribution in [0.1, 0.15) is 29.5 Å². The fourth-order valence-corrected chi connectivity index (χ4v) is 6.51. The highest BCUT2D eigenvalue weighted by atomic mass is 16.6. The van der Waals surface area contributed by atoms with Crippen LogP contribution in [0.5, 0.6) is 0 Å². The van der Waals surface area contributed by atoms with Crippen LogP contribution in [0.4, 0.5) is 4.79 Å². The van der Waals surface area contributed by atoms with Gasteiger partial charge in [0, 0.05) is 12.3 Å². The number of carbonyl (C=O) groups excluding carboxylic acids is 3. The zero-order chi connectivity index (χ0) is 27.0. The summed E-state index contributed by atoms with van der Waals surface area (Å²) < 4.78 is 18.5. The highest BCUT2D eigenvalue weighted by molar-refractivity contribution is 5.98. The summed E-state index contributed by atoms with van der Waals surface area (Å²) in [7, 11) is 1.33. The molecule has 3 aliphatic rings. The van der Waals surface area contributed by atoms with Gasteiger partial charge in [0.2, 0.25) is 5.91 Å². The number of piperidine rings is 1. The molecule has 3 amide bonds. The van der Waals surface area contributed by atoms with Crippen LogP contribution in [-0.2, 0) is 29.4 Å². The van der Waals surface area contributed by atoms with Gasteiger partial charge in [-0.15, -0.1) is 0 Å². The Morgan fingerprint density at radius 3 is 1.97 bits per heavy atom. The first-order chi connectivity index (χ1) is 19.0. The number of imide groups is 1. The maximum absolute atomic E-state index is 13.0. The molecule has 0 saturated carbocycles. The smallest absolute Gasteiger partial charge is 0.326 e. The van der Waals surface area contributed by atoms with E-state index in [0.717, 1.165) is 16.7 Å². The van der Waals surface area contributed by atoms with Crippen LogP contribution in [0.15, 0.2) is 91.0 Å². The van der Waals surface area contributed by atoms with Crippen LogP contribution in [0, 0.1) is 11.8 Å². The Balaban J connectivity index is 1.39. The molecule has 3 fully saturated rings. The molecule has 6 rings (SSSR count). The lowest BCUT2D eigenvalue weighted by molar-refractivity contribution is -0.153. The average Bonchev–Trinajstić information content (AvgIpc) is 3.32. The number of carbonyl (C=O) groups is 3. The number of nitrogens with one attached hydrogen (secondary N) is 1. The number of ether oxygens (including phenoxy) is 3. The highest BCUT2D eigenvalue weighted by Gasteiger charge is 2.59. The lowest BCUT2D eigenvalue weighted by Crippen LogP contribution is -2.64. The molecule has 8 heteroatoms. The Morgan fingerprint density at radius 1 is 0.923 bits per heavy atom. The van der Waals surface area contributed by atoms with E-state index >= 15 is 0 Å². The Bertz CT molecular complexity index is 1250. The zero-order valence-corrected chi connectivity index (χ0v) is 21.6. The van der Waals surface area contributed by atoms with Gasteiger partial charge in [-0.25, -0.2) is 4.79 Å². The fourth-order valence-electron chi connectivity index (χ4n) is 6.51. The van der Waals surface area contributed by atoms with E-state index in [9.17, 15) is 14.4 Å². The van der Waals surface area contributed by atoms with E-state index in [1.807, 2.05) is 91.0 Å². The molecular formula is C31H30N2O6. The molecule has 3 aromatic rings. The molecule has 39 heavy (non-hydrogen) atoms. The maximum atomic E-state index is 13.0. The van der Waals surface area contributed by atoms with E-state index in [4.69, 9.17) is 14.2 Å². The number of esters is 1. The molecule has 3 saturated heterocycles. The summed E-state index contributed by atoms with van der Waals surface area (Å²) in [4.78, 5) is 39.6. The zero-order valence-electron chi connectivity index (χ0n) is 21.6. The van der Waals surface area contributed by atoms with Crippen LogP contribution in [0.25, 0.3) is 0 Å². The van der Waals surface area contributed by atoms with Crippen molar-refractivity contribution < 1.29 is 28.6 Å². The first-order valence-electron chi connectivity index (χ1n) is 13.2. The van der Waals surface area contributed by atoms with E-state index in [2.05, 4.69) is 5.32 Å². The number of methoxy groups -OCH3 is 1. The van der Waals surface area contributed by atoms with Gasteiger partial charge in [0.1, 0.15) is 11.8 Å². The molecular weight excluding hydrogens is 496 g/mol. The third-order valence-corrected chi connectivity index (χ3v) is 8.18. The van der Waals surface area contributed by atoms with Gasteiger partial charge in [0.25, 0.3) is 0 Å². The lowest BCUT2D eigenvalue weighted by atomic mass is 9.75. The molecule has 3 aromatic carbocycles. The second-order valence-corrected chi connectivity index (χ2v) is 10.2. The first-order valence-corrected chi connectivity index (χ1v) is 13.2. The largest absolute Gasteiger partial charge is 0.469 e. The molecule has 1 N–H and O–H groups in total. The number of amides is 3. The molecule has 1 unspecified atom stereocenters. The van der Waals surface area contributed by atoms with Crippen LogP contribution in [0.2, 0.25) is 0 Å². The Morgan fingerprint density at radius 2 is 1.46 bits per heavy atom. The van der Waals surface area contributed by atoms with E-state index in [1.165, 1.54) is 12.0 Å². The van der Waals surface area contributed by atoms with Crippen LogP contribution >= 0.6 is 0 Å². The standard InChI is InChI=1S/C31H30N2O6/c1-37-29(35)28-23-17-27(33-24(28)18-26(34)32-30(33)36)39-25(23)19-38-31(20-11-5-2-6-12-20,21-13-7-3-8-14-21)22-15-9-4-10-16-22/h2-16,23-25,27-28H,17-19H2,1H3,(H,32,34,36)/t23-,24?,25+,27-,28+/m1/s1. The number of nitrogens with zero attached hydrogens (tertiary/aromatic N) is 1. The van der Waals surface area contributed by atoms with Gasteiger partial charge in [0.15, 0.2) is 0 Å². The number of rotatable bonds is 7. The maximum Gasteiger partial charge on any atom is 0.326 e.